The fraction of sp³-hybridized carbons (Fsp3) is 0.455. The van der Waals surface area contributed by atoms with Gasteiger partial charge < -0.3 is 16.2 Å². The molecule has 0 radical (unpaired) electrons. The minimum Gasteiger partial charge on any atom is -0.494 e. The predicted molar refractivity (Wildman–Crippen MR) is 58.2 cm³/mol. The minimum atomic E-state index is -0.371. The van der Waals surface area contributed by atoms with Crippen molar-refractivity contribution in [2.24, 2.45) is 11.5 Å². The predicted octanol–water partition coefficient (Wildman–Crippen LogP) is 1.57. The minimum absolute atomic E-state index is 0.232. The van der Waals surface area contributed by atoms with Gasteiger partial charge in [0.2, 0.25) is 0 Å². The fourth-order valence-corrected chi connectivity index (χ4v) is 1.47. The zero-order valence-corrected chi connectivity index (χ0v) is 8.87. The van der Waals surface area contributed by atoms with E-state index < -0.39 is 0 Å². The molecule has 0 aliphatic heterocycles. The lowest BCUT2D eigenvalue weighted by Gasteiger charge is -2.13. The lowest BCUT2D eigenvalue weighted by atomic mass is 10.0. The van der Waals surface area contributed by atoms with Crippen molar-refractivity contribution in [3.63, 3.8) is 0 Å². The van der Waals surface area contributed by atoms with Gasteiger partial charge >= 0.3 is 0 Å². The Labute approximate surface area is 89.2 Å². The van der Waals surface area contributed by atoms with Gasteiger partial charge in [0, 0.05) is 11.6 Å². The van der Waals surface area contributed by atoms with Gasteiger partial charge in [0.15, 0.2) is 11.6 Å². The average Bonchev–Trinajstić information content (AvgIpc) is 2.26. The fourth-order valence-electron chi connectivity index (χ4n) is 1.47. The van der Waals surface area contributed by atoms with Gasteiger partial charge in [-0.2, -0.15) is 0 Å². The van der Waals surface area contributed by atoms with Crippen LogP contribution in [0.5, 0.6) is 5.75 Å². The third-order valence-electron chi connectivity index (χ3n) is 2.33. The Morgan fingerprint density at radius 1 is 1.47 bits per heavy atom. The first-order valence-corrected chi connectivity index (χ1v) is 4.98. The van der Waals surface area contributed by atoms with Crippen LogP contribution < -0.4 is 16.2 Å². The van der Waals surface area contributed by atoms with Gasteiger partial charge in [0.1, 0.15) is 0 Å². The van der Waals surface area contributed by atoms with Crippen LogP contribution in [0.4, 0.5) is 4.39 Å². The summed E-state index contributed by atoms with van der Waals surface area (Å²) in [6, 6.07) is 4.68. The van der Waals surface area contributed by atoms with E-state index in [1.54, 1.807) is 18.2 Å². The van der Waals surface area contributed by atoms with Crippen molar-refractivity contribution in [3.05, 3.63) is 29.6 Å². The Hall–Kier alpha value is -1.13. The van der Waals surface area contributed by atoms with Crippen molar-refractivity contribution in [1.29, 1.82) is 0 Å². The van der Waals surface area contributed by atoms with Gasteiger partial charge in [-0.25, -0.2) is 4.39 Å². The first kappa shape index (κ1) is 11.9. The monoisotopic (exact) mass is 212 g/mol. The van der Waals surface area contributed by atoms with E-state index in [0.717, 1.165) is 6.42 Å². The van der Waals surface area contributed by atoms with Crippen LogP contribution in [0, 0.1) is 5.82 Å². The van der Waals surface area contributed by atoms with Crippen molar-refractivity contribution in [3.8, 4) is 5.75 Å². The molecule has 0 heterocycles. The van der Waals surface area contributed by atoms with E-state index in [1.165, 1.54) is 7.11 Å². The summed E-state index contributed by atoms with van der Waals surface area (Å²) in [6.45, 7) is 0.569. The summed E-state index contributed by atoms with van der Waals surface area (Å²) in [7, 11) is 1.44. The standard InChI is InChI=1S/C11H17FN2O/c1-15-10-6-2-4-8(11(10)12)9(14)5-3-7-13/h2,4,6,9H,3,5,7,13-14H2,1H3/t9-/m1/s1. The molecule has 0 aliphatic carbocycles. The molecule has 0 amide bonds. The third-order valence-corrected chi connectivity index (χ3v) is 2.33. The Bertz CT molecular complexity index is 317. The second-order valence-corrected chi connectivity index (χ2v) is 3.40. The molecule has 1 atom stereocenters. The molecule has 0 aliphatic rings. The van der Waals surface area contributed by atoms with Crippen LogP contribution in [0.2, 0.25) is 0 Å². The molecular weight excluding hydrogens is 195 g/mol. The first-order valence-electron chi connectivity index (χ1n) is 4.98. The summed E-state index contributed by atoms with van der Waals surface area (Å²) in [6.07, 6.45) is 1.47. The Morgan fingerprint density at radius 2 is 2.20 bits per heavy atom. The molecular formula is C11H17FN2O. The highest BCUT2D eigenvalue weighted by Gasteiger charge is 2.14. The molecule has 1 rings (SSSR count). The number of benzene rings is 1. The molecule has 0 saturated carbocycles. The zero-order chi connectivity index (χ0) is 11.3. The van der Waals surface area contributed by atoms with E-state index in [9.17, 15) is 4.39 Å². The number of methoxy groups -OCH3 is 1. The highest BCUT2D eigenvalue weighted by atomic mass is 19.1. The number of nitrogens with two attached hydrogens (primary N) is 2. The molecule has 0 aromatic heterocycles. The molecule has 0 unspecified atom stereocenters. The molecule has 3 nitrogen and oxygen atoms in total. The summed E-state index contributed by atoms with van der Waals surface area (Å²) in [5.74, 6) is -0.139. The first-order chi connectivity index (χ1) is 7.20. The largest absolute Gasteiger partial charge is 0.494 e. The molecule has 4 N–H and O–H groups in total. The maximum Gasteiger partial charge on any atom is 0.169 e. The third kappa shape index (κ3) is 2.91. The van der Waals surface area contributed by atoms with Crippen LogP contribution >= 0.6 is 0 Å². The van der Waals surface area contributed by atoms with Crippen molar-refractivity contribution in [2.75, 3.05) is 13.7 Å². The van der Waals surface area contributed by atoms with E-state index >= 15 is 0 Å². The van der Waals surface area contributed by atoms with Gasteiger partial charge in [-0.1, -0.05) is 12.1 Å². The average molecular weight is 212 g/mol. The number of halogens is 1. The molecule has 0 fully saturated rings. The van der Waals surface area contributed by atoms with Crippen LogP contribution in [0.3, 0.4) is 0 Å². The van der Waals surface area contributed by atoms with Crippen molar-refractivity contribution < 1.29 is 9.13 Å². The summed E-state index contributed by atoms with van der Waals surface area (Å²) in [4.78, 5) is 0. The van der Waals surface area contributed by atoms with E-state index in [1.807, 2.05) is 0 Å². The van der Waals surface area contributed by atoms with Gasteiger partial charge in [-0.05, 0) is 25.5 Å². The summed E-state index contributed by atoms with van der Waals surface area (Å²) in [5.41, 5.74) is 11.7. The molecule has 0 spiro atoms. The Kier molecular flexibility index (Phi) is 4.52. The molecule has 0 saturated heterocycles. The van der Waals surface area contributed by atoms with Crippen LogP contribution in [0.25, 0.3) is 0 Å². The molecule has 1 aromatic rings. The van der Waals surface area contributed by atoms with Gasteiger partial charge in [-0.3, -0.25) is 0 Å². The van der Waals surface area contributed by atoms with E-state index in [0.29, 0.717) is 18.5 Å². The maximum atomic E-state index is 13.7. The molecule has 84 valence electrons. The summed E-state index contributed by atoms with van der Waals surface area (Å²) >= 11 is 0. The highest BCUT2D eigenvalue weighted by molar-refractivity contribution is 5.32. The highest BCUT2D eigenvalue weighted by Crippen LogP contribution is 2.25. The van der Waals surface area contributed by atoms with Crippen molar-refractivity contribution >= 4 is 0 Å². The van der Waals surface area contributed by atoms with Crippen LogP contribution in [-0.2, 0) is 0 Å². The molecule has 0 bridgehead atoms. The normalized spacial score (nSPS) is 12.5. The Morgan fingerprint density at radius 3 is 2.80 bits per heavy atom. The molecule has 15 heavy (non-hydrogen) atoms. The lowest BCUT2D eigenvalue weighted by Crippen LogP contribution is -2.14. The van der Waals surface area contributed by atoms with Crippen molar-refractivity contribution in [2.45, 2.75) is 18.9 Å². The topological polar surface area (TPSA) is 61.3 Å². The quantitative estimate of drug-likeness (QED) is 0.778. The van der Waals surface area contributed by atoms with Crippen molar-refractivity contribution in [1.82, 2.24) is 0 Å². The smallest absolute Gasteiger partial charge is 0.169 e. The van der Waals surface area contributed by atoms with Crippen LogP contribution in [0.1, 0.15) is 24.4 Å². The maximum absolute atomic E-state index is 13.7. The summed E-state index contributed by atoms with van der Waals surface area (Å²) < 4.78 is 18.6. The van der Waals surface area contributed by atoms with E-state index in [2.05, 4.69) is 0 Å². The second kappa shape index (κ2) is 5.68. The molecule has 1 aromatic carbocycles. The van der Waals surface area contributed by atoms with E-state index in [4.69, 9.17) is 16.2 Å². The lowest BCUT2D eigenvalue weighted by molar-refractivity contribution is 0.381. The zero-order valence-electron chi connectivity index (χ0n) is 8.87. The van der Waals surface area contributed by atoms with Gasteiger partial charge in [0.25, 0.3) is 0 Å². The number of hydrogen-bond acceptors (Lipinski definition) is 3. The van der Waals surface area contributed by atoms with Crippen LogP contribution in [0.15, 0.2) is 18.2 Å². The van der Waals surface area contributed by atoms with E-state index in [-0.39, 0.29) is 17.6 Å². The molecule has 4 heteroatoms. The SMILES string of the molecule is COc1cccc([C@H](N)CCCN)c1F. The number of hydrogen-bond donors (Lipinski definition) is 2. The van der Waals surface area contributed by atoms with Crippen LogP contribution in [-0.4, -0.2) is 13.7 Å². The number of rotatable bonds is 5. The van der Waals surface area contributed by atoms with Gasteiger partial charge in [-0.15, -0.1) is 0 Å². The Balaban J connectivity index is 2.83. The second-order valence-electron chi connectivity index (χ2n) is 3.40. The summed E-state index contributed by atoms with van der Waals surface area (Å²) in [5, 5.41) is 0. The van der Waals surface area contributed by atoms with Gasteiger partial charge in [0.05, 0.1) is 7.11 Å². The number of ether oxygens (including phenoxy) is 1.